The molecule has 0 unspecified atom stereocenters. The van der Waals surface area contributed by atoms with Crippen LogP contribution in [0, 0.1) is 6.92 Å². The molecule has 0 radical (unpaired) electrons. The Labute approximate surface area is 178 Å². The molecule has 2 aromatic rings. The van der Waals surface area contributed by atoms with Gasteiger partial charge in [-0.15, -0.1) is 0 Å². The van der Waals surface area contributed by atoms with Crippen molar-refractivity contribution in [2.24, 2.45) is 0 Å². The second-order valence-corrected chi connectivity index (χ2v) is 9.17. The standard InChI is InChI=1S/C20H22BrNO6S/c1-15-4-2-3-5-18(15)27-12-13-28-20(23)16-6-7-17(21)19(14-16)29(24,25)22-8-10-26-11-9-22/h2-7,14H,8-13H2,1H3. The van der Waals surface area contributed by atoms with Crippen molar-refractivity contribution in [1.82, 2.24) is 4.31 Å². The highest BCUT2D eigenvalue weighted by Crippen LogP contribution is 2.27. The van der Waals surface area contributed by atoms with Crippen LogP contribution in [0.3, 0.4) is 0 Å². The van der Waals surface area contributed by atoms with Crippen LogP contribution in [0.5, 0.6) is 5.75 Å². The Hall–Kier alpha value is -1.94. The van der Waals surface area contributed by atoms with Gasteiger partial charge < -0.3 is 14.2 Å². The molecule has 0 spiro atoms. The summed E-state index contributed by atoms with van der Waals surface area (Å²) in [4.78, 5) is 12.4. The van der Waals surface area contributed by atoms with Gasteiger partial charge in [0.15, 0.2) is 0 Å². The second kappa shape index (κ2) is 9.71. The number of para-hydroxylation sites is 1. The Kier molecular flexibility index (Phi) is 7.28. The zero-order chi connectivity index (χ0) is 20.9. The van der Waals surface area contributed by atoms with Crippen LogP contribution >= 0.6 is 15.9 Å². The number of hydrogen-bond donors (Lipinski definition) is 0. The number of benzene rings is 2. The molecule has 0 N–H and O–H groups in total. The fourth-order valence-corrected chi connectivity index (χ4v) is 5.20. The van der Waals surface area contributed by atoms with E-state index in [0.29, 0.717) is 17.7 Å². The minimum atomic E-state index is -3.74. The Bertz CT molecular complexity index is 973. The smallest absolute Gasteiger partial charge is 0.338 e. The summed E-state index contributed by atoms with van der Waals surface area (Å²) in [5.41, 5.74) is 1.15. The minimum Gasteiger partial charge on any atom is -0.490 e. The van der Waals surface area contributed by atoms with E-state index in [0.717, 1.165) is 11.3 Å². The van der Waals surface area contributed by atoms with Gasteiger partial charge in [-0.05, 0) is 52.7 Å². The van der Waals surface area contributed by atoms with Crippen molar-refractivity contribution < 1.29 is 27.4 Å². The predicted molar refractivity (Wildman–Crippen MR) is 111 cm³/mol. The van der Waals surface area contributed by atoms with E-state index in [9.17, 15) is 13.2 Å². The van der Waals surface area contributed by atoms with Gasteiger partial charge in [0, 0.05) is 17.6 Å². The van der Waals surface area contributed by atoms with Gasteiger partial charge in [0.1, 0.15) is 19.0 Å². The van der Waals surface area contributed by atoms with Crippen molar-refractivity contribution in [2.75, 3.05) is 39.5 Å². The maximum atomic E-state index is 12.9. The van der Waals surface area contributed by atoms with E-state index in [1.807, 2.05) is 31.2 Å². The van der Waals surface area contributed by atoms with Crippen LogP contribution in [-0.4, -0.2) is 58.2 Å². The second-order valence-electron chi connectivity index (χ2n) is 6.41. The topological polar surface area (TPSA) is 82.1 Å². The number of morpholine rings is 1. The van der Waals surface area contributed by atoms with Crippen LogP contribution in [0.2, 0.25) is 0 Å². The summed E-state index contributed by atoms with van der Waals surface area (Å²) in [6, 6.07) is 11.9. The zero-order valence-electron chi connectivity index (χ0n) is 16.0. The first-order chi connectivity index (χ1) is 13.9. The van der Waals surface area contributed by atoms with Crippen molar-refractivity contribution in [1.29, 1.82) is 0 Å². The van der Waals surface area contributed by atoms with Gasteiger partial charge in [0.25, 0.3) is 0 Å². The number of hydrogen-bond acceptors (Lipinski definition) is 6. The van der Waals surface area contributed by atoms with E-state index in [1.54, 1.807) is 0 Å². The minimum absolute atomic E-state index is 0.0324. The molecule has 1 saturated heterocycles. The molecule has 1 heterocycles. The first-order valence-electron chi connectivity index (χ1n) is 9.12. The number of aryl methyl sites for hydroxylation is 1. The van der Waals surface area contributed by atoms with Crippen molar-refractivity contribution in [3.63, 3.8) is 0 Å². The molecule has 2 aromatic carbocycles. The highest BCUT2D eigenvalue weighted by atomic mass is 79.9. The van der Waals surface area contributed by atoms with Crippen LogP contribution in [-0.2, 0) is 19.5 Å². The van der Waals surface area contributed by atoms with Crippen LogP contribution in [0.1, 0.15) is 15.9 Å². The molecule has 9 heteroatoms. The van der Waals surface area contributed by atoms with Gasteiger partial charge in [-0.1, -0.05) is 18.2 Å². The number of rotatable bonds is 7. The van der Waals surface area contributed by atoms with Gasteiger partial charge >= 0.3 is 5.97 Å². The van der Waals surface area contributed by atoms with Gasteiger partial charge in [-0.3, -0.25) is 0 Å². The molecule has 3 rings (SSSR count). The van der Waals surface area contributed by atoms with Gasteiger partial charge in [0.2, 0.25) is 10.0 Å². The largest absolute Gasteiger partial charge is 0.490 e. The molecule has 156 valence electrons. The third kappa shape index (κ3) is 5.36. The number of esters is 1. The first kappa shape index (κ1) is 21.8. The average Bonchev–Trinajstić information content (AvgIpc) is 2.73. The molecule has 0 bridgehead atoms. The van der Waals surface area contributed by atoms with E-state index in [1.165, 1.54) is 22.5 Å². The van der Waals surface area contributed by atoms with E-state index in [-0.39, 0.29) is 36.8 Å². The summed E-state index contributed by atoms with van der Waals surface area (Å²) in [5.74, 6) is 0.121. The maximum absolute atomic E-state index is 12.9. The number of carbonyl (C=O) groups is 1. The van der Waals surface area contributed by atoms with Crippen LogP contribution in [0.4, 0.5) is 0 Å². The Morgan fingerprint density at radius 3 is 2.59 bits per heavy atom. The average molecular weight is 484 g/mol. The van der Waals surface area contributed by atoms with E-state index >= 15 is 0 Å². The van der Waals surface area contributed by atoms with E-state index in [2.05, 4.69) is 15.9 Å². The lowest BCUT2D eigenvalue weighted by molar-refractivity contribution is 0.0449. The Morgan fingerprint density at radius 2 is 1.86 bits per heavy atom. The summed E-state index contributed by atoms with van der Waals surface area (Å²) in [7, 11) is -3.74. The molecule has 1 aliphatic rings. The molecular formula is C20H22BrNO6S. The molecule has 0 saturated carbocycles. The highest BCUT2D eigenvalue weighted by molar-refractivity contribution is 9.10. The summed E-state index contributed by atoms with van der Waals surface area (Å²) < 4.78 is 43.6. The maximum Gasteiger partial charge on any atom is 0.338 e. The quantitative estimate of drug-likeness (QED) is 0.444. The molecule has 0 aliphatic carbocycles. The van der Waals surface area contributed by atoms with Gasteiger partial charge in [-0.25, -0.2) is 13.2 Å². The summed E-state index contributed by atoms with van der Waals surface area (Å²) in [6.07, 6.45) is 0. The van der Waals surface area contributed by atoms with Crippen molar-refractivity contribution in [2.45, 2.75) is 11.8 Å². The van der Waals surface area contributed by atoms with E-state index < -0.39 is 16.0 Å². The van der Waals surface area contributed by atoms with Gasteiger partial charge in [-0.2, -0.15) is 4.31 Å². The highest BCUT2D eigenvalue weighted by Gasteiger charge is 2.29. The fraction of sp³-hybridized carbons (Fsp3) is 0.350. The summed E-state index contributed by atoms with van der Waals surface area (Å²) in [5, 5.41) is 0. The lowest BCUT2D eigenvalue weighted by Crippen LogP contribution is -2.40. The predicted octanol–water partition coefficient (Wildman–Crippen LogP) is 3.01. The van der Waals surface area contributed by atoms with Crippen molar-refractivity contribution in [3.8, 4) is 5.75 Å². The van der Waals surface area contributed by atoms with Crippen molar-refractivity contribution in [3.05, 3.63) is 58.1 Å². The molecule has 0 amide bonds. The SMILES string of the molecule is Cc1ccccc1OCCOC(=O)c1ccc(Br)c(S(=O)(=O)N2CCOCC2)c1. The van der Waals surface area contributed by atoms with Crippen LogP contribution in [0.15, 0.2) is 51.8 Å². The normalized spacial score (nSPS) is 15.1. The Balaban J connectivity index is 1.64. The molecular weight excluding hydrogens is 462 g/mol. The number of halogens is 1. The molecule has 0 atom stereocenters. The Morgan fingerprint density at radius 1 is 1.14 bits per heavy atom. The molecule has 1 aliphatic heterocycles. The number of sulfonamides is 1. The number of carbonyl (C=O) groups excluding carboxylic acids is 1. The molecule has 7 nitrogen and oxygen atoms in total. The fourth-order valence-electron chi connectivity index (χ4n) is 2.84. The third-order valence-electron chi connectivity index (χ3n) is 4.42. The number of nitrogens with zero attached hydrogens (tertiary/aromatic N) is 1. The lowest BCUT2D eigenvalue weighted by Gasteiger charge is -2.26. The molecule has 1 fully saturated rings. The first-order valence-corrected chi connectivity index (χ1v) is 11.4. The van der Waals surface area contributed by atoms with E-state index in [4.69, 9.17) is 14.2 Å². The van der Waals surface area contributed by atoms with Crippen LogP contribution in [0.25, 0.3) is 0 Å². The summed E-state index contributed by atoms with van der Waals surface area (Å²) in [6.45, 7) is 3.43. The molecule has 0 aromatic heterocycles. The van der Waals surface area contributed by atoms with Gasteiger partial charge in [0.05, 0.1) is 23.7 Å². The lowest BCUT2D eigenvalue weighted by atomic mass is 10.2. The number of ether oxygens (including phenoxy) is 3. The van der Waals surface area contributed by atoms with Crippen molar-refractivity contribution >= 4 is 31.9 Å². The zero-order valence-corrected chi connectivity index (χ0v) is 18.4. The summed E-state index contributed by atoms with van der Waals surface area (Å²) >= 11 is 3.27. The molecule has 29 heavy (non-hydrogen) atoms. The van der Waals surface area contributed by atoms with Crippen LogP contribution < -0.4 is 4.74 Å². The third-order valence-corrected chi connectivity index (χ3v) is 7.31. The monoisotopic (exact) mass is 483 g/mol.